The molecule has 180 valence electrons. The van der Waals surface area contributed by atoms with E-state index in [1.165, 1.54) is 33.5 Å². The summed E-state index contributed by atoms with van der Waals surface area (Å²) in [6.07, 6.45) is 1.79. The summed E-state index contributed by atoms with van der Waals surface area (Å²) in [5, 5.41) is 34.0. The van der Waals surface area contributed by atoms with E-state index in [9.17, 15) is 20.1 Å². The highest BCUT2D eigenvalue weighted by molar-refractivity contribution is 6.11. The van der Waals surface area contributed by atoms with Gasteiger partial charge in [0.05, 0.1) is 32.2 Å². The van der Waals surface area contributed by atoms with E-state index >= 15 is 0 Å². The number of fused-ring (bicyclic) bond motifs is 7. The molecule has 3 aromatic carbocycles. The van der Waals surface area contributed by atoms with Crippen molar-refractivity contribution in [1.82, 2.24) is 4.40 Å². The number of aromatic hydroxyl groups is 2. The highest BCUT2D eigenvalue weighted by Gasteiger charge is 2.31. The summed E-state index contributed by atoms with van der Waals surface area (Å²) in [5.74, 6) is 0.651. The molecular weight excluding hydrogens is 462 g/mol. The molecule has 0 saturated heterocycles. The molecule has 0 amide bonds. The predicted octanol–water partition coefficient (Wildman–Crippen LogP) is 3.97. The van der Waals surface area contributed by atoms with Crippen molar-refractivity contribution in [3.8, 4) is 51.0 Å². The lowest BCUT2D eigenvalue weighted by atomic mass is 9.94. The number of rotatable bonds is 4. The second kappa shape index (κ2) is 7.58. The quantitative estimate of drug-likeness (QED) is 0.355. The molecule has 6 rings (SSSR count). The fourth-order valence-electron chi connectivity index (χ4n) is 5.11. The zero-order valence-corrected chi connectivity index (χ0v) is 19.6. The van der Waals surface area contributed by atoms with E-state index in [4.69, 9.17) is 14.2 Å². The molecule has 0 atom stereocenters. The van der Waals surface area contributed by atoms with Crippen LogP contribution in [0.2, 0.25) is 0 Å². The maximum atomic E-state index is 12.5. The van der Waals surface area contributed by atoms with Crippen molar-refractivity contribution < 1.29 is 29.5 Å². The summed E-state index contributed by atoms with van der Waals surface area (Å²) in [6.45, 7) is 0. The molecule has 1 aliphatic carbocycles. The lowest BCUT2D eigenvalue weighted by molar-refractivity contribution is 0.373. The van der Waals surface area contributed by atoms with Crippen LogP contribution in [-0.4, -0.2) is 41.0 Å². The van der Waals surface area contributed by atoms with Crippen LogP contribution in [0.5, 0.6) is 28.7 Å². The monoisotopic (exact) mass is 483 g/mol. The number of pyridine rings is 1. The molecule has 2 aromatic heterocycles. The SMILES string of the molecule is COc1cc(-c2c3c(n4ccc5cc(=O)c(OC)cc5c24)=C(O)c2cc(O)c(OC)cc2-3)ccc1O. The molecule has 5 aromatic rings. The number of aliphatic hydroxyl groups is 1. The van der Waals surface area contributed by atoms with E-state index < -0.39 is 0 Å². The summed E-state index contributed by atoms with van der Waals surface area (Å²) >= 11 is 0. The lowest BCUT2D eigenvalue weighted by Gasteiger charge is -2.13. The normalized spacial score (nSPS) is 12.1. The zero-order chi connectivity index (χ0) is 25.3. The van der Waals surface area contributed by atoms with Crippen LogP contribution in [0.3, 0.4) is 0 Å². The molecule has 3 N–H and O–H groups in total. The molecule has 0 bridgehead atoms. The third-order valence-corrected chi connectivity index (χ3v) is 6.74. The number of aromatic nitrogens is 1. The molecule has 0 fully saturated rings. The van der Waals surface area contributed by atoms with Gasteiger partial charge in [0, 0.05) is 28.3 Å². The molecule has 0 spiro atoms. The van der Waals surface area contributed by atoms with Gasteiger partial charge in [-0.3, -0.25) is 4.79 Å². The summed E-state index contributed by atoms with van der Waals surface area (Å²) in [6, 6.07) is 13.2. The standard InChI is InChI=1S/C28H21NO7/c1-34-21-9-14(4-5-18(21)30)24-25-16-12-23(36-3)20(32)10-17(16)28(33)27(25)29-7-6-13-8-19(31)22(35-2)11-15(13)26(24)29/h4-12,30,32-33H,1-3H3. The van der Waals surface area contributed by atoms with Crippen LogP contribution < -0.4 is 25.0 Å². The Kier molecular flexibility index (Phi) is 4.56. The molecule has 2 heterocycles. The van der Waals surface area contributed by atoms with Crippen LogP contribution in [0, 0.1) is 0 Å². The Hall–Kier alpha value is -4.85. The summed E-state index contributed by atoms with van der Waals surface area (Å²) in [5.41, 5.74) is 3.80. The average molecular weight is 483 g/mol. The van der Waals surface area contributed by atoms with Crippen molar-refractivity contribution in [2.45, 2.75) is 0 Å². The topological polar surface area (TPSA) is 110 Å². The predicted molar refractivity (Wildman–Crippen MR) is 135 cm³/mol. The van der Waals surface area contributed by atoms with Crippen molar-refractivity contribution >= 4 is 22.0 Å². The van der Waals surface area contributed by atoms with E-state index in [-0.39, 0.29) is 39.9 Å². The van der Waals surface area contributed by atoms with Crippen LogP contribution in [0.15, 0.2) is 59.5 Å². The lowest BCUT2D eigenvalue weighted by Crippen LogP contribution is -2.12. The van der Waals surface area contributed by atoms with Gasteiger partial charge in [-0.25, -0.2) is 0 Å². The Labute approximate surface area is 204 Å². The first-order chi connectivity index (χ1) is 17.4. The summed E-state index contributed by atoms with van der Waals surface area (Å²) < 4.78 is 17.9. The first-order valence-electron chi connectivity index (χ1n) is 11.1. The molecule has 8 nitrogen and oxygen atoms in total. The number of aliphatic hydroxyl groups excluding tert-OH is 1. The Morgan fingerprint density at radius 2 is 1.44 bits per heavy atom. The maximum Gasteiger partial charge on any atom is 0.220 e. The van der Waals surface area contributed by atoms with Crippen molar-refractivity contribution in [3.05, 3.63) is 75.9 Å². The van der Waals surface area contributed by atoms with Crippen molar-refractivity contribution in [2.24, 2.45) is 0 Å². The molecule has 0 aliphatic heterocycles. The maximum absolute atomic E-state index is 12.5. The molecule has 0 unspecified atom stereocenters. The van der Waals surface area contributed by atoms with E-state index in [1.54, 1.807) is 42.6 Å². The zero-order valence-electron chi connectivity index (χ0n) is 19.6. The van der Waals surface area contributed by atoms with Gasteiger partial charge in [-0.05, 0) is 59.0 Å². The minimum absolute atomic E-state index is 0.00305. The van der Waals surface area contributed by atoms with Gasteiger partial charge in [0.15, 0.2) is 28.7 Å². The van der Waals surface area contributed by atoms with E-state index in [0.717, 1.165) is 16.5 Å². The third-order valence-electron chi connectivity index (χ3n) is 6.74. The highest BCUT2D eigenvalue weighted by atomic mass is 16.5. The second-order valence-corrected chi connectivity index (χ2v) is 8.53. The molecule has 36 heavy (non-hydrogen) atoms. The third kappa shape index (κ3) is 2.78. The minimum Gasteiger partial charge on any atom is -0.505 e. The van der Waals surface area contributed by atoms with Crippen LogP contribution in [0.1, 0.15) is 5.56 Å². The number of hydrogen-bond acceptors (Lipinski definition) is 7. The van der Waals surface area contributed by atoms with Crippen molar-refractivity contribution in [3.63, 3.8) is 0 Å². The molecule has 1 aliphatic rings. The Balaban J connectivity index is 1.86. The number of nitrogens with zero attached hydrogens (tertiary/aromatic N) is 1. The molecule has 8 heteroatoms. The van der Waals surface area contributed by atoms with Crippen molar-refractivity contribution in [2.75, 3.05) is 21.3 Å². The molecule has 0 radical (unpaired) electrons. The van der Waals surface area contributed by atoms with Crippen LogP contribution in [0.4, 0.5) is 0 Å². The highest BCUT2D eigenvalue weighted by Crippen LogP contribution is 2.47. The van der Waals surface area contributed by atoms with Gasteiger partial charge in [-0.15, -0.1) is 0 Å². The minimum atomic E-state index is -0.235. The molecule has 0 saturated carbocycles. The molecular formula is C28H21NO7. The van der Waals surface area contributed by atoms with Gasteiger partial charge in [-0.2, -0.15) is 0 Å². The van der Waals surface area contributed by atoms with Crippen LogP contribution in [0.25, 0.3) is 44.3 Å². The van der Waals surface area contributed by atoms with Crippen LogP contribution >= 0.6 is 0 Å². The van der Waals surface area contributed by atoms with E-state index in [1.807, 2.05) is 4.40 Å². The second-order valence-electron chi connectivity index (χ2n) is 8.53. The largest absolute Gasteiger partial charge is 0.505 e. The average Bonchev–Trinajstić information content (AvgIpc) is 3.36. The van der Waals surface area contributed by atoms with Gasteiger partial charge in [0.1, 0.15) is 5.76 Å². The Morgan fingerprint density at radius 3 is 2.17 bits per heavy atom. The van der Waals surface area contributed by atoms with Gasteiger partial charge in [-0.1, -0.05) is 6.07 Å². The van der Waals surface area contributed by atoms with Gasteiger partial charge < -0.3 is 33.9 Å². The van der Waals surface area contributed by atoms with E-state index in [2.05, 4.69) is 0 Å². The van der Waals surface area contributed by atoms with E-state index in [0.29, 0.717) is 33.0 Å². The first kappa shape index (κ1) is 21.7. The summed E-state index contributed by atoms with van der Waals surface area (Å²) in [4.78, 5) is 12.5. The Morgan fingerprint density at radius 1 is 0.722 bits per heavy atom. The van der Waals surface area contributed by atoms with Gasteiger partial charge >= 0.3 is 0 Å². The number of phenols is 2. The number of benzene rings is 3. The van der Waals surface area contributed by atoms with Gasteiger partial charge in [0.2, 0.25) is 5.43 Å². The first-order valence-corrected chi connectivity index (χ1v) is 11.1. The smallest absolute Gasteiger partial charge is 0.220 e. The summed E-state index contributed by atoms with van der Waals surface area (Å²) in [7, 11) is 4.38. The number of methoxy groups -OCH3 is 3. The Bertz CT molecular complexity index is 1850. The van der Waals surface area contributed by atoms with Crippen LogP contribution in [-0.2, 0) is 0 Å². The van der Waals surface area contributed by atoms with Crippen molar-refractivity contribution in [1.29, 1.82) is 0 Å². The fourth-order valence-corrected chi connectivity index (χ4v) is 5.11. The number of ether oxygens (including phenoxy) is 3. The number of hydrogen-bond donors (Lipinski definition) is 3. The fraction of sp³-hybridized carbons (Fsp3) is 0.107. The van der Waals surface area contributed by atoms with Gasteiger partial charge in [0.25, 0.3) is 0 Å². The number of phenolic OH excluding ortho intramolecular Hbond substituents is 2.